The van der Waals surface area contributed by atoms with Crippen molar-refractivity contribution in [3.8, 4) is 5.75 Å². The van der Waals surface area contributed by atoms with Crippen LogP contribution in [0.4, 0.5) is 5.69 Å². The number of carbonyl (C=O) groups excluding carboxylic acids is 1. The number of aryl methyl sites for hydroxylation is 1. The lowest BCUT2D eigenvalue weighted by atomic mass is 10.1. The van der Waals surface area contributed by atoms with Crippen molar-refractivity contribution in [2.75, 3.05) is 20.4 Å². The van der Waals surface area contributed by atoms with Gasteiger partial charge in [-0.1, -0.05) is 0 Å². The second-order valence-corrected chi connectivity index (χ2v) is 6.73. The highest BCUT2D eigenvalue weighted by Gasteiger charge is 2.24. The summed E-state index contributed by atoms with van der Waals surface area (Å²) < 4.78 is 5.39. The normalized spacial score (nSPS) is 10.5. The summed E-state index contributed by atoms with van der Waals surface area (Å²) in [4.78, 5) is 30.2. The van der Waals surface area contributed by atoms with Gasteiger partial charge in [0, 0.05) is 35.3 Å². The maximum absolute atomic E-state index is 12.8. The van der Waals surface area contributed by atoms with Crippen LogP contribution in [0.25, 0.3) is 0 Å². The van der Waals surface area contributed by atoms with Gasteiger partial charge in [-0.05, 0) is 32.2 Å². The van der Waals surface area contributed by atoms with Crippen LogP contribution >= 0.6 is 11.8 Å². The molecule has 0 fully saturated rings. The molecule has 7 nitrogen and oxygen atoms in total. The number of rotatable bonds is 6. The van der Waals surface area contributed by atoms with Gasteiger partial charge in [-0.25, -0.2) is 0 Å². The minimum absolute atomic E-state index is 0.0704. The predicted octanol–water partition coefficient (Wildman–Crippen LogP) is 3.61. The Morgan fingerprint density at radius 1 is 1.38 bits per heavy atom. The fourth-order valence-corrected chi connectivity index (χ4v) is 3.15. The van der Waals surface area contributed by atoms with Gasteiger partial charge >= 0.3 is 0 Å². The number of hydrogen-bond donors (Lipinski definition) is 0. The van der Waals surface area contributed by atoms with Crippen LogP contribution in [0.15, 0.2) is 29.3 Å². The number of hydrogen-bond acceptors (Lipinski definition) is 6. The largest absolute Gasteiger partial charge is 0.496 e. The molecule has 138 valence electrons. The van der Waals surface area contributed by atoms with Gasteiger partial charge in [-0.15, -0.1) is 11.8 Å². The molecule has 2 aromatic rings. The Balaban J connectivity index is 2.35. The summed E-state index contributed by atoms with van der Waals surface area (Å²) in [5.41, 5.74) is 2.31. The number of amides is 1. The van der Waals surface area contributed by atoms with Gasteiger partial charge in [0.15, 0.2) is 0 Å². The van der Waals surface area contributed by atoms with Crippen molar-refractivity contribution >= 4 is 23.4 Å². The molecular weight excluding hydrogens is 354 g/mol. The summed E-state index contributed by atoms with van der Waals surface area (Å²) in [6.07, 6.45) is 3.54. The summed E-state index contributed by atoms with van der Waals surface area (Å²) >= 11 is 1.42. The number of nitrogens with zero attached hydrogens (tertiary/aromatic N) is 3. The smallest absolute Gasteiger partial charge is 0.282 e. The Hall–Kier alpha value is -2.61. The van der Waals surface area contributed by atoms with Crippen LogP contribution < -0.4 is 4.74 Å². The lowest BCUT2D eigenvalue weighted by Crippen LogP contribution is -2.28. The summed E-state index contributed by atoms with van der Waals surface area (Å²) in [5, 5.41) is 11.3. The third-order valence-electron chi connectivity index (χ3n) is 4.11. The van der Waals surface area contributed by atoms with Gasteiger partial charge in [0.25, 0.3) is 11.6 Å². The minimum atomic E-state index is -0.538. The lowest BCUT2D eigenvalue weighted by Gasteiger charge is -2.19. The Morgan fingerprint density at radius 2 is 2.08 bits per heavy atom. The van der Waals surface area contributed by atoms with E-state index in [9.17, 15) is 14.9 Å². The van der Waals surface area contributed by atoms with Crippen LogP contribution in [0.5, 0.6) is 5.75 Å². The van der Waals surface area contributed by atoms with Crippen molar-refractivity contribution in [1.29, 1.82) is 0 Å². The average Bonchev–Trinajstić information content (AvgIpc) is 2.63. The number of nitro benzene ring substituents is 1. The van der Waals surface area contributed by atoms with Gasteiger partial charge in [0.2, 0.25) is 0 Å². The number of pyridine rings is 1. The van der Waals surface area contributed by atoms with E-state index in [-0.39, 0.29) is 17.8 Å². The summed E-state index contributed by atoms with van der Waals surface area (Å²) in [6, 6.07) is 4.55. The van der Waals surface area contributed by atoms with Gasteiger partial charge in [0.05, 0.1) is 24.3 Å². The van der Waals surface area contributed by atoms with Crippen LogP contribution in [-0.4, -0.2) is 41.1 Å². The Morgan fingerprint density at radius 3 is 2.65 bits per heavy atom. The van der Waals surface area contributed by atoms with Crippen molar-refractivity contribution in [3.05, 3.63) is 56.9 Å². The molecule has 0 saturated heterocycles. The lowest BCUT2D eigenvalue weighted by molar-refractivity contribution is -0.385. The molecule has 0 bridgehead atoms. The van der Waals surface area contributed by atoms with Crippen LogP contribution in [0.2, 0.25) is 0 Å². The molecule has 0 saturated carbocycles. The van der Waals surface area contributed by atoms with Crippen molar-refractivity contribution in [1.82, 2.24) is 9.88 Å². The van der Waals surface area contributed by atoms with Crippen LogP contribution in [0.3, 0.4) is 0 Å². The van der Waals surface area contributed by atoms with Gasteiger partial charge in [-0.3, -0.25) is 19.9 Å². The van der Waals surface area contributed by atoms with E-state index in [1.807, 2.05) is 20.1 Å². The van der Waals surface area contributed by atoms with E-state index in [4.69, 9.17) is 4.74 Å². The molecule has 0 atom stereocenters. The quantitative estimate of drug-likeness (QED) is 0.435. The van der Waals surface area contributed by atoms with E-state index in [0.29, 0.717) is 5.69 Å². The Bertz CT molecular complexity index is 855. The first-order chi connectivity index (χ1) is 12.3. The number of methoxy groups -OCH3 is 1. The molecule has 0 aliphatic rings. The van der Waals surface area contributed by atoms with Gasteiger partial charge < -0.3 is 9.64 Å². The van der Waals surface area contributed by atoms with Crippen LogP contribution in [-0.2, 0) is 6.54 Å². The highest BCUT2D eigenvalue weighted by molar-refractivity contribution is 7.98. The standard InChI is InChI=1S/C18H21N3O4S/c1-11-9-19-15(12(2)17(11)25-4)10-20(3)18(22)14-8-13(26-5)6-7-16(14)21(23)24/h6-9H,10H2,1-5H3. The first-order valence-electron chi connectivity index (χ1n) is 7.87. The molecule has 26 heavy (non-hydrogen) atoms. The van der Waals surface area contributed by atoms with E-state index in [2.05, 4.69) is 4.98 Å². The molecule has 1 amide bonds. The summed E-state index contributed by atoms with van der Waals surface area (Å²) in [6.45, 7) is 4.00. The first kappa shape index (κ1) is 19.7. The molecule has 8 heteroatoms. The van der Waals surface area contributed by atoms with Gasteiger partial charge in [0.1, 0.15) is 11.3 Å². The molecule has 1 aromatic carbocycles. The van der Waals surface area contributed by atoms with Crippen molar-refractivity contribution in [2.45, 2.75) is 25.3 Å². The van der Waals surface area contributed by atoms with Gasteiger partial charge in [-0.2, -0.15) is 0 Å². The predicted molar refractivity (Wildman–Crippen MR) is 101 cm³/mol. The zero-order valence-electron chi connectivity index (χ0n) is 15.4. The number of thioether (sulfide) groups is 1. The fourth-order valence-electron chi connectivity index (χ4n) is 2.71. The highest BCUT2D eigenvalue weighted by atomic mass is 32.2. The maximum atomic E-state index is 12.8. The van der Waals surface area contributed by atoms with E-state index in [0.717, 1.165) is 21.8 Å². The molecule has 0 aliphatic carbocycles. The van der Waals surface area contributed by atoms with Crippen molar-refractivity contribution in [2.24, 2.45) is 0 Å². The van der Waals surface area contributed by atoms with Crippen molar-refractivity contribution < 1.29 is 14.5 Å². The van der Waals surface area contributed by atoms with E-state index < -0.39 is 10.8 Å². The monoisotopic (exact) mass is 375 g/mol. The van der Waals surface area contributed by atoms with Crippen LogP contribution in [0.1, 0.15) is 27.2 Å². The average molecular weight is 375 g/mol. The molecule has 1 heterocycles. The second-order valence-electron chi connectivity index (χ2n) is 5.85. The molecular formula is C18H21N3O4S. The Kier molecular flexibility index (Phi) is 6.20. The zero-order valence-corrected chi connectivity index (χ0v) is 16.2. The minimum Gasteiger partial charge on any atom is -0.496 e. The number of carbonyl (C=O) groups is 1. The van der Waals surface area contributed by atoms with Crippen molar-refractivity contribution in [3.63, 3.8) is 0 Å². The maximum Gasteiger partial charge on any atom is 0.282 e. The van der Waals surface area contributed by atoms with Crippen LogP contribution in [0, 0.1) is 24.0 Å². The highest BCUT2D eigenvalue weighted by Crippen LogP contribution is 2.28. The molecule has 0 spiro atoms. The molecule has 0 radical (unpaired) electrons. The third-order valence-corrected chi connectivity index (χ3v) is 4.84. The number of benzene rings is 1. The second kappa shape index (κ2) is 8.18. The molecule has 1 aromatic heterocycles. The molecule has 0 unspecified atom stereocenters. The first-order valence-corrected chi connectivity index (χ1v) is 9.09. The molecule has 0 N–H and O–H groups in total. The SMILES string of the molecule is COc1c(C)cnc(CN(C)C(=O)c2cc(SC)ccc2[N+](=O)[O-])c1C. The van der Waals surface area contributed by atoms with E-state index in [1.165, 1.54) is 22.7 Å². The fraction of sp³-hybridized carbons (Fsp3) is 0.333. The van der Waals surface area contributed by atoms with E-state index >= 15 is 0 Å². The Labute approximate surface area is 156 Å². The third kappa shape index (κ3) is 3.96. The van der Waals surface area contributed by atoms with E-state index in [1.54, 1.807) is 32.5 Å². The number of ether oxygens (including phenoxy) is 1. The summed E-state index contributed by atoms with van der Waals surface area (Å²) in [7, 11) is 3.19. The zero-order chi connectivity index (χ0) is 19.4. The molecule has 0 aliphatic heterocycles. The topological polar surface area (TPSA) is 85.6 Å². The molecule has 2 rings (SSSR count). The number of nitro groups is 1. The number of aromatic nitrogens is 1. The summed E-state index contributed by atoms with van der Waals surface area (Å²) in [5.74, 6) is 0.305.